The van der Waals surface area contributed by atoms with Crippen LogP contribution in [0.3, 0.4) is 0 Å². The number of nitrogens with one attached hydrogen (secondary N) is 1. The van der Waals surface area contributed by atoms with E-state index in [-0.39, 0.29) is 5.91 Å². The van der Waals surface area contributed by atoms with Crippen molar-refractivity contribution in [1.29, 1.82) is 0 Å². The van der Waals surface area contributed by atoms with Crippen molar-refractivity contribution in [3.8, 4) is 5.75 Å². The van der Waals surface area contributed by atoms with Crippen molar-refractivity contribution in [3.05, 3.63) is 29.3 Å². The third kappa shape index (κ3) is 1.49. The molecule has 2 rings (SSSR count). The minimum absolute atomic E-state index is 0.0452. The second-order valence-corrected chi connectivity index (χ2v) is 3.10. The van der Waals surface area contributed by atoms with Gasteiger partial charge in [-0.2, -0.15) is 0 Å². The summed E-state index contributed by atoms with van der Waals surface area (Å²) in [5.74, 6) is 0.636. The number of ether oxygens (including phenoxy) is 1. The molecule has 1 heterocycles. The number of carbonyl (C=O) groups is 1. The third-order valence-electron chi connectivity index (χ3n) is 2.02. The Bertz CT molecular complexity index is 347. The average molecular weight is 177 g/mol. The molecule has 68 valence electrons. The smallest absolute Gasteiger partial charge is 0.255 e. The van der Waals surface area contributed by atoms with Crippen LogP contribution in [0.25, 0.3) is 0 Å². The number of fused-ring (bicyclic) bond motifs is 1. The van der Waals surface area contributed by atoms with E-state index in [2.05, 4.69) is 5.32 Å². The lowest BCUT2D eigenvalue weighted by Crippen LogP contribution is -2.24. The van der Waals surface area contributed by atoms with Gasteiger partial charge in [-0.05, 0) is 19.1 Å². The molecular formula is C10H11NO2. The van der Waals surface area contributed by atoms with Crippen LogP contribution in [0.4, 0.5) is 0 Å². The van der Waals surface area contributed by atoms with Gasteiger partial charge in [0.25, 0.3) is 5.91 Å². The van der Waals surface area contributed by atoms with Crippen LogP contribution in [0.5, 0.6) is 5.75 Å². The second kappa shape index (κ2) is 3.09. The molecule has 0 bridgehead atoms. The first kappa shape index (κ1) is 8.10. The molecule has 0 aliphatic carbocycles. The van der Waals surface area contributed by atoms with Crippen LogP contribution in [-0.4, -0.2) is 19.1 Å². The summed E-state index contributed by atoms with van der Waals surface area (Å²) in [6.07, 6.45) is 0. The molecule has 1 N–H and O–H groups in total. The Labute approximate surface area is 76.7 Å². The van der Waals surface area contributed by atoms with Gasteiger partial charge >= 0.3 is 0 Å². The molecule has 0 saturated carbocycles. The molecule has 3 nitrogen and oxygen atoms in total. The number of amides is 1. The van der Waals surface area contributed by atoms with E-state index in [1.54, 1.807) is 0 Å². The standard InChI is InChI=1S/C10H11NO2/c1-7-2-3-9-8(6-7)10(12)11-4-5-13-9/h2-3,6H,4-5H2,1H3,(H,11,12). The molecule has 0 unspecified atom stereocenters. The quantitative estimate of drug-likeness (QED) is 0.644. The van der Waals surface area contributed by atoms with Crippen LogP contribution in [0.15, 0.2) is 18.2 Å². The number of benzene rings is 1. The van der Waals surface area contributed by atoms with E-state index in [1.807, 2.05) is 25.1 Å². The van der Waals surface area contributed by atoms with E-state index in [0.29, 0.717) is 24.5 Å². The maximum absolute atomic E-state index is 11.5. The minimum Gasteiger partial charge on any atom is -0.491 e. The zero-order chi connectivity index (χ0) is 9.26. The number of aryl methyl sites for hydroxylation is 1. The van der Waals surface area contributed by atoms with Crippen LogP contribution >= 0.6 is 0 Å². The van der Waals surface area contributed by atoms with Gasteiger partial charge in [0.1, 0.15) is 12.4 Å². The lowest BCUT2D eigenvalue weighted by atomic mass is 10.1. The zero-order valence-corrected chi connectivity index (χ0v) is 7.46. The molecule has 1 aromatic rings. The van der Waals surface area contributed by atoms with Crippen LogP contribution in [-0.2, 0) is 0 Å². The lowest BCUT2D eigenvalue weighted by Gasteiger charge is -2.04. The third-order valence-corrected chi connectivity index (χ3v) is 2.02. The van der Waals surface area contributed by atoms with Crippen molar-refractivity contribution in [2.24, 2.45) is 0 Å². The molecule has 13 heavy (non-hydrogen) atoms. The van der Waals surface area contributed by atoms with Crippen LogP contribution in [0, 0.1) is 6.92 Å². The minimum atomic E-state index is -0.0452. The summed E-state index contributed by atoms with van der Waals surface area (Å²) in [7, 11) is 0. The Morgan fingerprint density at radius 3 is 3.15 bits per heavy atom. The maximum Gasteiger partial charge on any atom is 0.255 e. The van der Waals surface area contributed by atoms with Crippen LogP contribution in [0.2, 0.25) is 0 Å². The highest BCUT2D eigenvalue weighted by molar-refractivity contribution is 5.97. The first-order valence-corrected chi connectivity index (χ1v) is 4.29. The molecule has 0 saturated heterocycles. The fourth-order valence-corrected chi connectivity index (χ4v) is 1.37. The van der Waals surface area contributed by atoms with E-state index in [4.69, 9.17) is 4.74 Å². The van der Waals surface area contributed by atoms with Crippen molar-refractivity contribution in [2.45, 2.75) is 6.92 Å². The first-order valence-electron chi connectivity index (χ1n) is 4.29. The summed E-state index contributed by atoms with van der Waals surface area (Å²) in [5.41, 5.74) is 1.71. The molecule has 0 radical (unpaired) electrons. The van der Waals surface area contributed by atoms with Gasteiger partial charge in [-0.3, -0.25) is 4.79 Å². The Morgan fingerprint density at radius 2 is 2.31 bits per heavy atom. The second-order valence-electron chi connectivity index (χ2n) is 3.10. The summed E-state index contributed by atoms with van der Waals surface area (Å²) in [5, 5.41) is 2.76. The molecule has 3 heteroatoms. The number of hydrogen-bond acceptors (Lipinski definition) is 2. The molecular weight excluding hydrogens is 166 g/mol. The van der Waals surface area contributed by atoms with E-state index in [0.717, 1.165) is 5.56 Å². The molecule has 1 amide bonds. The van der Waals surface area contributed by atoms with E-state index in [1.165, 1.54) is 0 Å². The van der Waals surface area contributed by atoms with E-state index < -0.39 is 0 Å². The van der Waals surface area contributed by atoms with Crippen molar-refractivity contribution in [2.75, 3.05) is 13.2 Å². The van der Waals surface area contributed by atoms with Gasteiger partial charge in [0.2, 0.25) is 0 Å². The Balaban J connectivity index is 2.49. The molecule has 1 aliphatic heterocycles. The fraction of sp³-hybridized carbons (Fsp3) is 0.300. The van der Waals surface area contributed by atoms with Crippen molar-refractivity contribution in [3.63, 3.8) is 0 Å². The fourth-order valence-electron chi connectivity index (χ4n) is 1.37. The van der Waals surface area contributed by atoms with Crippen LogP contribution < -0.4 is 10.1 Å². The molecule has 0 aromatic heterocycles. The van der Waals surface area contributed by atoms with Gasteiger partial charge in [0, 0.05) is 0 Å². The first-order chi connectivity index (χ1) is 6.27. The van der Waals surface area contributed by atoms with Crippen molar-refractivity contribution >= 4 is 5.91 Å². The van der Waals surface area contributed by atoms with Gasteiger partial charge in [-0.1, -0.05) is 11.6 Å². The Kier molecular flexibility index (Phi) is 1.93. The Hall–Kier alpha value is -1.51. The maximum atomic E-state index is 11.5. The van der Waals surface area contributed by atoms with Gasteiger partial charge in [0.05, 0.1) is 12.1 Å². The van der Waals surface area contributed by atoms with Crippen molar-refractivity contribution < 1.29 is 9.53 Å². The van der Waals surface area contributed by atoms with E-state index in [9.17, 15) is 4.79 Å². The monoisotopic (exact) mass is 177 g/mol. The highest BCUT2D eigenvalue weighted by Crippen LogP contribution is 2.20. The summed E-state index contributed by atoms with van der Waals surface area (Å²) in [6.45, 7) is 3.08. The number of hydrogen-bond donors (Lipinski definition) is 1. The summed E-state index contributed by atoms with van der Waals surface area (Å²) < 4.78 is 5.39. The predicted octanol–water partition coefficient (Wildman–Crippen LogP) is 1.12. The van der Waals surface area contributed by atoms with E-state index >= 15 is 0 Å². The molecule has 0 atom stereocenters. The Morgan fingerprint density at radius 1 is 1.46 bits per heavy atom. The zero-order valence-electron chi connectivity index (χ0n) is 7.46. The van der Waals surface area contributed by atoms with Gasteiger partial charge < -0.3 is 10.1 Å². The predicted molar refractivity (Wildman–Crippen MR) is 49.0 cm³/mol. The SMILES string of the molecule is Cc1ccc2c(c1)C(=O)NCCO2. The molecule has 1 aliphatic rings. The number of carbonyl (C=O) groups excluding carboxylic acids is 1. The lowest BCUT2D eigenvalue weighted by molar-refractivity contribution is 0.0957. The largest absolute Gasteiger partial charge is 0.491 e. The summed E-state index contributed by atoms with van der Waals surface area (Å²) >= 11 is 0. The van der Waals surface area contributed by atoms with Gasteiger partial charge in [-0.25, -0.2) is 0 Å². The van der Waals surface area contributed by atoms with Gasteiger partial charge in [0.15, 0.2) is 0 Å². The van der Waals surface area contributed by atoms with Gasteiger partial charge in [-0.15, -0.1) is 0 Å². The van der Waals surface area contributed by atoms with Crippen molar-refractivity contribution in [1.82, 2.24) is 5.32 Å². The summed E-state index contributed by atoms with van der Waals surface area (Å²) in [6, 6.07) is 5.63. The van der Waals surface area contributed by atoms with Crippen LogP contribution in [0.1, 0.15) is 15.9 Å². The summed E-state index contributed by atoms with van der Waals surface area (Å²) in [4.78, 5) is 11.5. The molecule has 0 spiro atoms. The molecule has 0 fully saturated rings. The number of rotatable bonds is 0. The average Bonchev–Trinajstić information content (AvgIpc) is 2.29. The highest BCUT2D eigenvalue weighted by atomic mass is 16.5. The molecule has 1 aromatic carbocycles. The topological polar surface area (TPSA) is 38.3 Å². The normalized spacial score (nSPS) is 15.3. The highest BCUT2D eigenvalue weighted by Gasteiger charge is 2.15.